The van der Waals surface area contributed by atoms with Crippen molar-refractivity contribution in [3.63, 3.8) is 0 Å². The molecule has 0 heterocycles. The molecule has 3 aromatic carbocycles. The molecule has 3 rings (SSSR count). The Hall–Kier alpha value is -2.84. The largest absolute Gasteiger partial charge is 0.493 e. The maximum Gasteiger partial charge on any atom is 0.240 e. The van der Waals surface area contributed by atoms with Crippen LogP contribution in [0.25, 0.3) is 0 Å². The van der Waals surface area contributed by atoms with Gasteiger partial charge in [-0.1, -0.05) is 57.2 Å². The number of hydrogen-bond donors (Lipinski definition) is 1. The van der Waals surface area contributed by atoms with Crippen molar-refractivity contribution in [3.8, 4) is 17.2 Å². The van der Waals surface area contributed by atoms with Gasteiger partial charge in [0.1, 0.15) is 12.4 Å². The summed E-state index contributed by atoms with van der Waals surface area (Å²) >= 11 is 7.11. The van der Waals surface area contributed by atoms with Crippen molar-refractivity contribution in [3.05, 3.63) is 86.3 Å². The Kier molecular flexibility index (Phi) is 10.6. The second-order valence-electron chi connectivity index (χ2n) is 9.45. The molecule has 0 saturated heterocycles. The molecule has 0 atom stereocenters. The third-order valence-electron chi connectivity index (χ3n) is 5.48. The number of rotatable bonds is 11. The number of hydrogen-bond acceptors (Lipinski definition) is 5. The third-order valence-corrected chi connectivity index (χ3v) is 6.69. The van der Waals surface area contributed by atoms with Crippen molar-refractivity contribution in [2.45, 2.75) is 45.6 Å². The van der Waals surface area contributed by atoms with E-state index in [0.29, 0.717) is 37.6 Å². The van der Waals surface area contributed by atoms with E-state index in [1.807, 2.05) is 42.5 Å². The Labute approximate surface area is 235 Å². The topological polar surface area (TPSA) is 69.2 Å². The van der Waals surface area contributed by atoms with Crippen molar-refractivity contribution in [2.24, 2.45) is 5.10 Å². The fraction of sp³-hybridized carbons (Fsp3) is 0.310. The molecule has 1 N–H and O–H groups in total. The first-order valence-electron chi connectivity index (χ1n) is 12.0. The van der Waals surface area contributed by atoms with Crippen LogP contribution in [-0.4, -0.2) is 25.8 Å². The molecular formula is C29H32Br2N2O4. The zero-order valence-corrected chi connectivity index (χ0v) is 24.7. The quantitative estimate of drug-likeness (QED) is 0.136. The van der Waals surface area contributed by atoms with Crippen LogP contribution in [-0.2, 0) is 16.8 Å². The lowest BCUT2D eigenvalue weighted by Gasteiger charge is -2.20. The first kappa shape index (κ1) is 28.7. The average molecular weight is 632 g/mol. The second-order valence-corrected chi connectivity index (χ2v) is 11.2. The Balaban J connectivity index is 1.46. The number of nitrogens with one attached hydrogen (secondary N) is 1. The zero-order chi connectivity index (χ0) is 26.8. The van der Waals surface area contributed by atoms with E-state index in [2.05, 4.69) is 75.3 Å². The Morgan fingerprint density at radius 2 is 1.73 bits per heavy atom. The van der Waals surface area contributed by atoms with E-state index in [9.17, 15) is 4.79 Å². The first-order chi connectivity index (χ1) is 17.7. The van der Waals surface area contributed by atoms with E-state index in [1.54, 1.807) is 19.4 Å². The summed E-state index contributed by atoms with van der Waals surface area (Å²) in [7, 11) is 1.58. The molecule has 1 amide bonds. The Morgan fingerprint density at radius 1 is 0.973 bits per heavy atom. The highest BCUT2D eigenvalue weighted by Gasteiger charge is 2.15. The smallest absolute Gasteiger partial charge is 0.240 e. The van der Waals surface area contributed by atoms with Crippen LogP contribution in [0, 0.1) is 0 Å². The van der Waals surface area contributed by atoms with Gasteiger partial charge < -0.3 is 14.2 Å². The van der Waals surface area contributed by atoms with E-state index < -0.39 is 0 Å². The number of amides is 1. The van der Waals surface area contributed by atoms with Gasteiger partial charge in [0, 0.05) is 6.42 Å². The van der Waals surface area contributed by atoms with Crippen molar-refractivity contribution in [2.75, 3.05) is 13.7 Å². The summed E-state index contributed by atoms with van der Waals surface area (Å²) in [4.78, 5) is 12.2. The van der Waals surface area contributed by atoms with Gasteiger partial charge in [0.05, 0.1) is 28.9 Å². The lowest BCUT2D eigenvalue weighted by atomic mass is 9.87. The van der Waals surface area contributed by atoms with Crippen LogP contribution in [0.4, 0.5) is 0 Å². The monoisotopic (exact) mass is 630 g/mol. The summed E-state index contributed by atoms with van der Waals surface area (Å²) in [5.41, 5.74) is 5.66. The highest BCUT2D eigenvalue weighted by molar-refractivity contribution is 9.10. The molecule has 196 valence electrons. The average Bonchev–Trinajstić information content (AvgIpc) is 2.86. The zero-order valence-electron chi connectivity index (χ0n) is 21.5. The molecule has 0 saturated carbocycles. The first-order valence-corrected chi connectivity index (χ1v) is 13.5. The van der Waals surface area contributed by atoms with Crippen LogP contribution in [0.15, 0.2) is 74.7 Å². The van der Waals surface area contributed by atoms with E-state index in [1.165, 1.54) is 5.56 Å². The van der Waals surface area contributed by atoms with Gasteiger partial charge in [-0.15, -0.1) is 0 Å². The van der Waals surface area contributed by atoms with Gasteiger partial charge in [-0.25, -0.2) is 5.43 Å². The summed E-state index contributed by atoms with van der Waals surface area (Å²) in [6.07, 6.45) is 2.44. The summed E-state index contributed by atoms with van der Waals surface area (Å²) in [6.45, 7) is 7.36. The fourth-order valence-electron chi connectivity index (χ4n) is 3.42. The molecule has 8 heteroatoms. The highest BCUT2D eigenvalue weighted by atomic mass is 79.9. The molecule has 0 aromatic heterocycles. The van der Waals surface area contributed by atoms with Gasteiger partial charge >= 0.3 is 0 Å². The number of halogens is 2. The van der Waals surface area contributed by atoms with Crippen molar-refractivity contribution in [1.29, 1.82) is 0 Å². The van der Waals surface area contributed by atoms with E-state index >= 15 is 0 Å². The number of benzene rings is 3. The minimum atomic E-state index is -0.184. The minimum absolute atomic E-state index is 0.0685. The van der Waals surface area contributed by atoms with E-state index in [-0.39, 0.29) is 11.3 Å². The molecule has 0 aliphatic carbocycles. The lowest BCUT2D eigenvalue weighted by Crippen LogP contribution is -2.18. The summed E-state index contributed by atoms with van der Waals surface area (Å²) in [5, 5.41) is 4.07. The summed E-state index contributed by atoms with van der Waals surface area (Å²) in [6, 6.07) is 19.7. The molecule has 0 aliphatic rings. The molecule has 3 aromatic rings. The lowest BCUT2D eigenvalue weighted by molar-refractivity contribution is -0.121. The van der Waals surface area contributed by atoms with Crippen LogP contribution in [0.5, 0.6) is 17.2 Å². The van der Waals surface area contributed by atoms with Gasteiger partial charge in [-0.3, -0.25) is 4.79 Å². The number of ether oxygens (including phenoxy) is 3. The Bertz CT molecular complexity index is 1220. The molecule has 0 bridgehead atoms. The molecule has 0 spiro atoms. The highest BCUT2D eigenvalue weighted by Crippen LogP contribution is 2.37. The van der Waals surface area contributed by atoms with Crippen molar-refractivity contribution in [1.82, 2.24) is 5.43 Å². The molecule has 37 heavy (non-hydrogen) atoms. The maximum atomic E-state index is 12.2. The van der Waals surface area contributed by atoms with Gasteiger partial charge in [0.25, 0.3) is 0 Å². The molecule has 0 radical (unpaired) electrons. The normalized spacial score (nSPS) is 11.4. The summed E-state index contributed by atoms with van der Waals surface area (Å²) < 4.78 is 18.9. The standard InChI is InChI=1S/C29H32Br2N2O4/c1-29(2,3)22-12-13-25(23(30)17-22)36-14-8-11-27(34)33-32-18-21-15-24(31)28(26(16-21)35-4)37-19-20-9-6-5-7-10-20/h5-7,9-10,12-13,15-18H,8,11,14,19H2,1-4H3,(H,33,34)/b32-18+. The SMILES string of the molecule is COc1cc(/C=N/NC(=O)CCCOc2ccc(C(C)(C)C)cc2Br)cc(Br)c1OCc1ccccc1. The van der Waals surface area contributed by atoms with Gasteiger partial charge in [-0.2, -0.15) is 5.10 Å². The van der Waals surface area contributed by atoms with Gasteiger partial charge in [0.15, 0.2) is 11.5 Å². The molecule has 0 unspecified atom stereocenters. The van der Waals surface area contributed by atoms with E-state index in [4.69, 9.17) is 14.2 Å². The Morgan fingerprint density at radius 3 is 2.41 bits per heavy atom. The van der Waals surface area contributed by atoms with Crippen LogP contribution >= 0.6 is 31.9 Å². The number of hydrazone groups is 1. The van der Waals surface area contributed by atoms with Crippen LogP contribution in [0.1, 0.15) is 50.3 Å². The predicted octanol–water partition coefficient (Wildman–Crippen LogP) is 7.41. The van der Waals surface area contributed by atoms with Gasteiger partial charge in [0.2, 0.25) is 5.91 Å². The molecule has 0 aliphatic heterocycles. The molecule has 0 fully saturated rings. The molecular weight excluding hydrogens is 600 g/mol. The van der Waals surface area contributed by atoms with Gasteiger partial charge in [-0.05, 0) is 84.7 Å². The number of carbonyl (C=O) groups excluding carboxylic acids is 1. The maximum absolute atomic E-state index is 12.2. The van der Waals surface area contributed by atoms with Crippen LogP contribution in [0.2, 0.25) is 0 Å². The van der Waals surface area contributed by atoms with Crippen molar-refractivity contribution < 1.29 is 19.0 Å². The minimum Gasteiger partial charge on any atom is -0.493 e. The van der Waals surface area contributed by atoms with Crippen molar-refractivity contribution >= 4 is 44.0 Å². The van der Waals surface area contributed by atoms with E-state index in [0.717, 1.165) is 25.8 Å². The van der Waals surface area contributed by atoms with Crippen LogP contribution in [0.3, 0.4) is 0 Å². The third kappa shape index (κ3) is 8.90. The summed E-state index contributed by atoms with van der Waals surface area (Å²) in [5.74, 6) is 1.75. The number of carbonyl (C=O) groups is 1. The fourth-order valence-corrected chi connectivity index (χ4v) is 4.49. The number of nitrogens with zero attached hydrogens (tertiary/aromatic N) is 1. The van der Waals surface area contributed by atoms with Crippen LogP contribution < -0.4 is 19.6 Å². The number of methoxy groups -OCH3 is 1. The second kappa shape index (κ2) is 13.6. The predicted molar refractivity (Wildman–Crippen MR) is 155 cm³/mol. The molecule has 6 nitrogen and oxygen atoms in total.